The number of likely N-dealkylation sites (tertiary alicyclic amines) is 1. The van der Waals surface area contributed by atoms with Crippen LogP contribution in [0.1, 0.15) is 18.4 Å². The number of hydrogen-bond donors (Lipinski definition) is 2. The lowest BCUT2D eigenvalue weighted by molar-refractivity contribution is -0.117. The van der Waals surface area contributed by atoms with Crippen LogP contribution in [0.5, 0.6) is 0 Å². The molecular formula is C15H23Cl2N3O. The molecule has 1 heterocycles. The summed E-state index contributed by atoms with van der Waals surface area (Å²) in [5, 5.41) is 6.67. The largest absolute Gasteiger partial charge is 0.324 e. The number of carbonyl (C=O) groups is 1. The van der Waals surface area contributed by atoms with Gasteiger partial charge < -0.3 is 10.6 Å². The number of rotatable bonds is 5. The Kier molecular flexibility index (Phi) is 7.46. The Hall–Kier alpha value is -0.810. The maximum Gasteiger partial charge on any atom is 0.238 e. The van der Waals surface area contributed by atoms with E-state index in [2.05, 4.69) is 15.5 Å². The molecule has 2 rings (SSSR count). The molecule has 6 heteroatoms. The van der Waals surface area contributed by atoms with Crippen LogP contribution in [0, 0.1) is 6.92 Å². The molecule has 0 aliphatic carbocycles. The van der Waals surface area contributed by atoms with Crippen LogP contribution in [0.2, 0.25) is 5.02 Å². The van der Waals surface area contributed by atoms with Gasteiger partial charge in [0.1, 0.15) is 0 Å². The molecule has 21 heavy (non-hydrogen) atoms. The van der Waals surface area contributed by atoms with Gasteiger partial charge in [0.15, 0.2) is 0 Å². The number of anilines is 1. The molecular weight excluding hydrogens is 309 g/mol. The van der Waals surface area contributed by atoms with Gasteiger partial charge in [0, 0.05) is 12.6 Å². The van der Waals surface area contributed by atoms with E-state index in [1.165, 1.54) is 0 Å². The number of amides is 1. The summed E-state index contributed by atoms with van der Waals surface area (Å²) >= 11 is 6.13. The van der Waals surface area contributed by atoms with Gasteiger partial charge in [-0.25, -0.2) is 0 Å². The van der Waals surface area contributed by atoms with Crippen molar-refractivity contribution in [2.75, 3.05) is 32.0 Å². The zero-order valence-electron chi connectivity index (χ0n) is 12.5. The summed E-state index contributed by atoms with van der Waals surface area (Å²) in [5.74, 6) is -0.00115. The molecule has 1 unspecified atom stereocenters. The lowest BCUT2D eigenvalue weighted by Gasteiger charge is -2.23. The summed E-state index contributed by atoms with van der Waals surface area (Å²) < 4.78 is 0. The number of nitrogens with zero attached hydrogens (tertiary/aromatic N) is 1. The van der Waals surface area contributed by atoms with E-state index in [0.29, 0.717) is 23.3 Å². The standard InChI is InChI=1S/C15H22ClN3O.ClH/c1-11-5-6-14(13(16)8-11)18-15(20)10-19-7-3-4-12(19)9-17-2;/h5-6,8,12,17H,3-4,7,9-10H2,1-2H3,(H,18,20);1H. The number of nitrogens with one attached hydrogen (secondary N) is 2. The summed E-state index contributed by atoms with van der Waals surface area (Å²) in [5.41, 5.74) is 1.77. The average Bonchev–Trinajstić information content (AvgIpc) is 2.81. The van der Waals surface area contributed by atoms with E-state index in [0.717, 1.165) is 31.5 Å². The number of halogens is 2. The first-order valence-electron chi connectivity index (χ1n) is 7.05. The van der Waals surface area contributed by atoms with Crippen LogP contribution >= 0.6 is 24.0 Å². The SMILES string of the molecule is CNCC1CCCN1CC(=O)Nc1ccc(C)cc1Cl.Cl. The molecule has 1 aromatic rings. The van der Waals surface area contributed by atoms with E-state index in [9.17, 15) is 4.79 Å². The van der Waals surface area contributed by atoms with Crippen LogP contribution in [0.15, 0.2) is 18.2 Å². The van der Waals surface area contributed by atoms with Crippen molar-refractivity contribution in [3.8, 4) is 0 Å². The molecule has 0 saturated carbocycles. The second kappa shape index (κ2) is 8.59. The van der Waals surface area contributed by atoms with Gasteiger partial charge in [-0.05, 0) is 51.1 Å². The van der Waals surface area contributed by atoms with Gasteiger partial charge in [0.05, 0.1) is 17.3 Å². The molecule has 2 N–H and O–H groups in total. The summed E-state index contributed by atoms with van der Waals surface area (Å²) in [4.78, 5) is 14.4. The smallest absolute Gasteiger partial charge is 0.238 e. The van der Waals surface area contributed by atoms with Crippen LogP contribution in [-0.2, 0) is 4.79 Å². The molecule has 1 aliphatic heterocycles. The molecule has 1 aliphatic rings. The van der Waals surface area contributed by atoms with E-state index in [4.69, 9.17) is 11.6 Å². The number of aryl methyl sites for hydroxylation is 1. The van der Waals surface area contributed by atoms with E-state index in [1.54, 1.807) is 0 Å². The molecule has 0 bridgehead atoms. The zero-order valence-corrected chi connectivity index (χ0v) is 14.1. The van der Waals surface area contributed by atoms with E-state index in [1.807, 2.05) is 32.2 Å². The maximum atomic E-state index is 12.1. The summed E-state index contributed by atoms with van der Waals surface area (Å²) in [6.45, 7) is 4.32. The Labute approximate surface area is 137 Å². The first-order valence-corrected chi connectivity index (χ1v) is 7.42. The quantitative estimate of drug-likeness (QED) is 0.871. The first-order chi connectivity index (χ1) is 9.60. The van der Waals surface area contributed by atoms with Gasteiger partial charge in [-0.15, -0.1) is 12.4 Å². The minimum atomic E-state index is -0.00115. The third-order valence-corrected chi connectivity index (χ3v) is 4.00. The van der Waals surface area contributed by atoms with Crippen molar-refractivity contribution < 1.29 is 4.79 Å². The normalized spacial score (nSPS) is 18.3. The zero-order chi connectivity index (χ0) is 14.5. The van der Waals surface area contributed by atoms with Crippen LogP contribution in [-0.4, -0.2) is 43.5 Å². The number of hydrogen-bond acceptors (Lipinski definition) is 3. The van der Waals surface area contributed by atoms with Gasteiger partial charge in [-0.1, -0.05) is 17.7 Å². The summed E-state index contributed by atoms with van der Waals surface area (Å²) in [7, 11) is 1.95. The van der Waals surface area contributed by atoms with Crippen LogP contribution < -0.4 is 10.6 Å². The molecule has 0 aromatic heterocycles. The van der Waals surface area contributed by atoms with Crippen LogP contribution in [0.4, 0.5) is 5.69 Å². The highest BCUT2D eigenvalue weighted by Gasteiger charge is 2.25. The van der Waals surface area contributed by atoms with E-state index < -0.39 is 0 Å². The number of benzene rings is 1. The Morgan fingerprint density at radius 1 is 1.48 bits per heavy atom. The van der Waals surface area contributed by atoms with Crippen molar-refractivity contribution in [1.82, 2.24) is 10.2 Å². The second-order valence-electron chi connectivity index (χ2n) is 5.36. The third-order valence-electron chi connectivity index (χ3n) is 3.68. The summed E-state index contributed by atoms with van der Waals surface area (Å²) in [6, 6.07) is 6.11. The van der Waals surface area contributed by atoms with E-state index >= 15 is 0 Å². The lowest BCUT2D eigenvalue weighted by Crippen LogP contribution is -2.41. The van der Waals surface area contributed by atoms with Gasteiger partial charge in [0.25, 0.3) is 0 Å². The Balaban J connectivity index is 0.00000220. The van der Waals surface area contributed by atoms with Gasteiger partial charge in [0.2, 0.25) is 5.91 Å². The van der Waals surface area contributed by atoms with Gasteiger partial charge in [-0.2, -0.15) is 0 Å². The summed E-state index contributed by atoms with van der Waals surface area (Å²) in [6.07, 6.45) is 2.31. The predicted molar refractivity (Wildman–Crippen MR) is 90.6 cm³/mol. The van der Waals surface area contributed by atoms with E-state index in [-0.39, 0.29) is 18.3 Å². The topological polar surface area (TPSA) is 44.4 Å². The molecule has 4 nitrogen and oxygen atoms in total. The van der Waals surface area contributed by atoms with Crippen molar-refractivity contribution in [3.05, 3.63) is 28.8 Å². The molecule has 118 valence electrons. The van der Waals surface area contributed by atoms with Gasteiger partial charge in [-0.3, -0.25) is 9.69 Å². The van der Waals surface area contributed by atoms with Crippen molar-refractivity contribution >= 4 is 35.6 Å². The first kappa shape index (κ1) is 18.2. The second-order valence-corrected chi connectivity index (χ2v) is 5.76. The highest BCUT2D eigenvalue weighted by molar-refractivity contribution is 6.33. The maximum absolute atomic E-state index is 12.1. The third kappa shape index (κ3) is 5.15. The monoisotopic (exact) mass is 331 g/mol. The van der Waals surface area contributed by atoms with Crippen molar-refractivity contribution in [3.63, 3.8) is 0 Å². The predicted octanol–water partition coefficient (Wildman–Crippen LogP) is 2.69. The molecule has 0 spiro atoms. The fourth-order valence-corrected chi connectivity index (χ4v) is 2.95. The number of carbonyl (C=O) groups excluding carboxylic acids is 1. The number of likely N-dealkylation sites (N-methyl/N-ethyl adjacent to an activating group) is 1. The minimum Gasteiger partial charge on any atom is -0.324 e. The van der Waals surface area contributed by atoms with Gasteiger partial charge >= 0.3 is 0 Å². The fraction of sp³-hybridized carbons (Fsp3) is 0.533. The average molecular weight is 332 g/mol. The van der Waals surface area contributed by atoms with Crippen molar-refractivity contribution in [1.29, 1.82) is 0 Å². The Morgan fingerprint density at radius 2 is 2.24 bits per heavy atom. The molecule has 1 fully saturated rings. The minimum absolute atomic E-state index is 0. The molecule has 1 aromatic carbocycles. The Bertz CT molecular complexity index is 482. The highest BCUT2D eigenvalue weighted by atomic mass is 35.5. The lowest BCUT2D eigenvalue weighted by atomic mass is 10.2. The van der Waals surface area contributed by atoms with Crippen molar-refractivity contribution in [2.45, 2.75) is 25.8 Å². The van der Waals surface area contributed by atoms with Crippen molar-refractivity contribution in [2.24, 2.45) is 0 Å². The molecule has 1 atom stereocenters. The van der Waals surface area contributed by atoms with Crippen LogP contribution in [0.3, 0.4) is 0 Å². The molecule has 0 radical (unpaired) electrons. The highest BCUT2D eigenvalue weighted by Crippen LogP contribution is 2.23. The fourth-order valence-electron chi connectivity index (χ4n) is 2.67. The van der Waals surface area contributed by atoms with Crippen LogP contribution in [0.25, 0.3) is 0 Å². The molecule has 1 amide bonds. The molecule has 1 saturated heterocycles. The Morgan fingerprint density at radius 3 is 2.90 bits per heavy atom.